The van der Waals surface area contributed by atoms with Gasteiger partial charge in [-0.05, 0) is 32.3 Å². The van der Waals surface area contributed by atoms with Gasteiger partial charge in [-0.3, -0.25) is 12.9 Å². The monoisotopic (exact) mass is 996 g/mol. The van der Waals surface area contributed by atoms with Gasteiger partial charge in [-0.2, -0.15) is 13.8 Å². The van der Waals surface area contributed by atoms with Crippen LogP contribution in [0.5, 0.6) is 0 Å². The van der Waals surface area contributed by atoms with Crippen LogP contribution in [-0.4, -0.2) is 6.29 Å². The van der Waals surface area contributed by atoms with E-state index in [9.17, 15) is 0 Å². The minimum absolute atomic E-state index is 0. The van der Waals surface area contributed by atoms with Crippen LogP contribution in [0.1, 0.15) is 115 Å². The molecule has 55 heavy (non-hydrogen) atoms. The van der Waals surface area contributed by atoms with Crippen LogP contribution < -0.4 is 0 Å². The van der Waals surface area contributed by atoms with E-state index < -0.39 is 0 Å². The third-order valence-electron chi connectivity index (χ3n) is 6.48. The normalized spacial score (nSPS) is 7.67. The largest absolute Gasteiger partial charge is 0.542 e. The van der Waals surface area contributed by atoms with Gasteiger partial charge in [0.2, 0.25) is 0 Å². The molecular weight excluding hydrogens is 918 g/mol. The van der Waals surface area contributed by atoms with Crippen molar-refractivity contribution in [1.29, 1.82) is 0 Å². The molecule has 0 bridgehead atoms. The van der Waals surface area contributed by atoms with Gasteiger partial charge in [0, 0.05) is 71.2 Å². The summed E-state index contributed by atoms with van der Waals surface area (Å²) in [5, 5.41) is 7.86. The number of fused-ring (bicyclic) bond motifs is 3. The second-order valence-electron chi connectivity index (χ2n) is 10.6. The van der Waals surface area contributed by atoms with Crippen LogP contribution >= 0.6 is 0 Å². The van der Waals surface area contributed by atoms with Crippen LogP contribution in [0.15, 0.2) is 152 Å². The van der Waals surface area contributed by atoms with Crippen molar-refractivity contribution >= 4 is 38.6 Å². The van der Waals surface area contributed by atoms with E-state index in [-0.39, 0.29) is 93.5 Å². The van der Waals surface area contributed by atoms with E-state index in [0.29, 0.717) is 0 Å². The van der Waals surface area contributed by atoms with Crippen molar-refractivity contribution in [2.45, 2.75) is 115 Å². The second-order valence-corrected chi connectivity index (χ2v) is 10.6. The number of benzene rings is 6. The molecule has 0 amide bonds. The Bertz CT molecular complexity index is 1170. The summed E-state index contributed by atoms with van der Waals surface area (Å²) in [4.78, 5) is 8.68. The van der Waals surface area contributed by atoms with Crippen LogP contribution in [0, 0.1) is 92.1 Å². The summed E-state index contributed by atoms with van der Waals surface area (Å²) in [5.41, 5.74) is 0. The van der Waals surface area contributed by atoms with E-state index in [2.05, 4.69) is 200 Å². The molecule has 6 aromatic carbocycles. The molecule has 0 saturated carbocycles. The zero-order valence-corrected chi connectivity index (χ0v) is 43.6. The number of unbranched alkanes of at least 4 members (excludes halogenated alkanes) is 3. The first-order valence-electron chi connectivity index (χ1n) is 18.5. The number of hydrogen-bond donors (Lipinski definition) is 0. The van der Waals surface area contributed by atoms with Crippen molar-refractivity contribution in [3.05, 3.63) is 173 Å². The van der Waals surface area contributed by atoms with Gasteiger partial charge in [-0.25, -0.2) is 0 Å². The molecule has 0 N–H and O–H groups in total. The van der Waals surface area contributed by atoms with Gasteiger partial charge >= 0.3 is 0 Å². The number of allylic oxidation sites excluding steroid dienone is 1. The SMILES string of the molecule is C.C=[C-]C.CC.CCCC.CCCC.CCCC.C[C-]=O.[CH3-].[CH3-].[La].[La].c1ccc2ccccc2c1.c1ccc2ccccc2c1.c1ccc2ccccc2c1. The Morgan fingerprint density at radius 1 is 0.382 bits per heavy atom. The number of rotatable bonds is 3. The zero-order valence-electron chi connectivity index (χ0n) is 36.4. The Morgan fingerprint density at radius 3 is 0.509 bits per heavy atom. The third-order valence-corrected chi connectivity index (χ3v) is 6.48. The van der Waals surface area contributed by atoms with Crippen LogP contribution in [0.4, 0.5) is 0 Å². The first-order chi connectivity index (χ1) is 24.5. The fourth-order valence-electron chi connectivity index (χ4n) is 3.40. The topological polar surface area (TPSA) is 17.1 Å². The summed E-state index contributed by atoms with van der Waals surface area (Å²) in [6, 6.07) is 50.1. The summed E-state index contributed by atoms with van der Waals surface area (Å²) in [6.07, 6.45) is 11.9. The fourth-order valence-corrected chi connectivity index (χ4v) is 3.40. The second kappa shape index (κ2) is 58.6. The molecule has 0 spiro atoms. The molecule has 6 aromatic rings. The van der Waals surface area contributed by atoms with Gasteiger partial charge in [0.25, 0.3) is 0 Å². The summed E-state index contributed by atoms with van der Waals surface area (Å²) in [5.74, 6) is 0. The number of carbonyl (C=O) groups excluding carboxylic acids is 1. The molecule has 0 saturated heterocycles. The molecule has 3 heteroatoms. The minimum atomic E-state index is 0. The molecule has 0 heterocycles. The smallest absolute Gasteiger partial charge is 0 e. The Labute approximate surface area is 398 Å². The standard InChI is InChI=1S/3C10H8.3C4H10.C3H5.C2H3O.C2H6.CH4.2CH3.2La/c3*1-2-6-10-8-4-3-7-9(10)5-1;3*1-3-4-2;1-3-2;1-2-3;1-2;;;;;/h3*1-8H;3*3-4H2,1-2H3;1H2,2H3;1H3;1-2H3;1H4;2*1H3;;/q;;;;;;2*-1;;;2*-1;;. The van der Waals surface area contributed by atoms with E-state index in [4.69, 9.17) is 4.79 Å². The van der Waals surface area contributed by atoms with Gasteiger partial charge < -0.3 is 25.7 Å². The summed E-state index contributed by atoms with van der Waals surface area (Å²) < 4.78 is 0. The molecule has 0 atom stereocenters. The van der Waals surface area contributed by atoms with Crippen LogP contribution in [0.25, 0.3) is 32.3 Å². The molecule has 302 valence electrons. The predicted octanol–water partition coefficient (Wildman–Crippen LogP) is 17.6. The Kier molecular flexibility index (Phi) is 75.3. The maximum atomic E-state index is 8.68. The predicted molar refractivity (Wildman–Crippen MR) is 250 cm³/mol. The summed E-state index contributed by atoms with van der Waals surface area (Å²) in [7, 11) is 0. The van der Waals surface area contributed by atoms with Crippen LogP contribution in [0.2, 0.25) is 0 Å². The van der Waals surface area contributed by atoms with E-state index in [1.54, 1.807) is 6.92 Å². The average Bonchev–Trinajstić information content (AvgIpc) is 3.20. The summed E-state index contributed by atoms with van der Waals surface area (Å²) >= 11 is 0. The molecule has 0 aromatic heterocycles. The molecule has 0 aliphatic heterocycles. The number of hydrogen-bond acceptors (Lipinski definition) is 1. The van der Waals surface area contributed by atoms with E-state index in [0.717, 1.165) is 0 Å². The van der Waals surface area contributed by atoms with Gasteiger partial charge in [0.15, 0.2) is 0 Å². The van der Waals surface area contributed by atoms with Crippen LogP contribution in [0.3, 0.4) is 0 Å². The van der Waals surface area contributed by atoms with Crippen molar-refractivity contribution < 1.29 is 76.0 Å². The van der Waals surface area contributed by atoms with E-state index >= 15 is 0 Å². The van der Waals surface area contributed by atoms with E-state index in [1.165, 1.54) is 84.1 Å². The van der Waals surface area contributed by atoms with Crippen LogP contribution in [-0.2, 0) is 4.79 Å². The Hall–Kier alpha value is -2.10. The third kappa shape index (κ3) is 42.9. The van der Waals surface area contributed by atoms with Crippen molar-refractivity contribution in [2.75, 3.05) is 0 Å². The molecule has 6 rings (SSSR count). The fraction of sp³-hybridized carbons (Fsp3) is 0.327. The molecule has 0 aliphatic carbocycles. The van der Waals surface area contributed by atoms with Gasteiger partial charge in [-0.1, -0.05) is 247 Å². The van der Waals surface area contributed by atoms with Gasteiger partial charge in [-0.15, -0.1) is 0 Å². The van der Waals surface area contributed by atoms with Gasteiger partial charge in [0.05, 0.1) is 0 Å². The molecule has 1 nitrogen and oxygen atoms in total. The molecular formula is C52H78La2O-4. The summed E-state index contributed by atoms with van der Waals surface area (Å²) in [6.45, 7) is 23.4. The zero-order chi connectivity index (χ0) is 38.1. The van der Waals surface area contributed by atoms with Crippen molar-refractivity contribution in [3.8, 4) is 0 Å². The Morgan fingerprint density at radius 2 is 0.455 bits per heavy atom. The molecule has 2 radical (unpaired) electrons. The molecule has 0 fully saturated rings. The molecule has 0 aliphatic rings. The quantitative estimate of drug-likeness (QED) is 0.162. The van der Waals surface area contributed by atoms with Gasteiger partial charge in [0.1, 0.15) is 0 Å². The maximum Gasteiger partial charge on any atom is 0 e. The maximum absolute atomic E-state index is 8.68. The van der Waals surface area contributed by atoms with Crippen molar-refractivity contribution in [2.24, 2.45) is 0 Å². The minimum Gasteiger partial charge on any atom is -0.542 e. The average molecular weight is 997 g/mol. The molecule has 0 unspecified atom stereocenters. The van der Waals surface area contributed by atoms with Crippen molar-refractivity contribution in [1.82, 2.24) is 0 Å². The Balaban J connectivity index is -0.0000000788. The van der Waals surface area contributed by atoms with E-state index in [1.807, 2.05) is 13.8 Å². The van der Waals surface area contributed by atoms with Crippen molar-refractivity contribution in [3.63, 3.8) is 0 Å². The first-order valence-corrected chi connectivity index (χ1v) is 18.5. The first kappa shape index (κ1) is 70.7.